The summed E-state index contributed by atoms with van der Waals surface area (Å²) in [6.07, 6.45) is 3.28. The molecule has 8 heteroatoms. The number of methoxy groups -OCH3 is 2. The van der Waals surface area contributed by atoms with Crippen LogP contribution in [0.25, 0.3) is 11.0 Å². The molecule has 0 spiro atoms. The van der Waals surface area contributed by atoms with Crippen LogP contribution in [0, 0.1) is 3.70 Å². The molecule has 31 heavy (non-hydrogen) atoms. The van der Waals surface area contributed by atoms with E-state index in [0.29, 0.717) is 9.35 Å². The van der Waals surface area contributed by atoms with Gasteiger partial charge in [0.1, 0.15) is 11.5 Å². The van der Waals surface area contributed by atoms with Crippen LogP contribution in [0.4, 0.5) is 0 Å². The molecule has 2 aromatic heterocycles. The summed E-state index contributed by atoms with van der Waals surface area (Å²) < 4.78 is 38.9. The Kier molecular flexibility index (Phi) is 6.19. The fourth-order valence-electron chi connectivity index (χ4n) is 3.45. The molecule has 0 atom stereocenters. The molecule has 2 aromatic carbocycles. The molecule has 0 unspecified atom stereocenters. The van der Waals surface area contributed by atoms with Crippen molar-refractivity contribution in [1.82, 2.24) is 8.96 Å². The third-order valence-electron chi connectivity index (χ3n) is 5.01. The van der Waals surface area contributed by atoms with Gasteiger partial charge >= 0.3 is 0 Å². The third-order valence-corrected chi connectivity index (χ3v) is 7.85. The molecule has 0 radical (unpaired) electrons. The van der Waals surface area contributed by atoms with Crippen molar-refractivity contribution in [2.24, 2.45) is 0 Å². The summed E-state index contributed by atoms with van der Waals surface area (Å²) in [5, 5.41) is 0.796. The first-order chi connectivity index (χ1) is 14.9. The van der Waals surface area contributed by atoms with Crippen LogP contribution in [0.3, 0.4) is 0 Å². The van der Waals surface area contributed by atoms with Crippen LogP contribution in [0.5, 0.6) is 11.5 Å². The van der Waals surface area contributed by atoms with Crippen molar-refractivity contribution in [3.05, 3.63) is 81.7 Å². The molecular weight excluding hydrogens is 527 g/mol. The second kappa shape index (κ2) is 8.88. The largest absolute Gasteiger partial charge is 0.497 e. The Morgan fingerprint density at radius 1 is 0.903 bits per heavy atom. The Balaban J connectivity index is 1.63. The van der Waals surface area contributed by atoms with E-state index in [0.717, 1.165) is 40.9 Å². The van der Waals surface area contributed by atoms with Crippen LogP contribution in [0.15, 0.2) is 71.8 Å². The molecule has 0 fully saturated rings. The molecule has 4 rings (SSSR count). The van der Waals surface area contributed by atoms with E-state index in [4.69, 9.17) is 9.47 Å². The number of halogens is 1. The van der Waals surface area contributed by atoms with Crippen molar-refractivity contribution >= 4 is 43.6 Å². The number of aryl methyl sites for hydroxylation is 2. The lowest BCUT2D eigenvalue weighted by Crippen LogP contribution is -2.14. The van der Waals surface area contributed by atoms with Crippen LogP contribution < -0.4 is 9.47 Å². The molecule has 0 N–H and O–H groups in total. The van der Waals surface area contributed by atoms with Crippen LogP contribution in [-0.4, -0.2) is 31.6 Å². The van der Waals surface area contributed by atoms with Gasteiger partial charge in [-0.25, -0.2) is 17.4 Å². The van der Waals surface area contributed by atoms with Crippen LogP contribution in [0.2, 0.25) is 0 Å². The smallest absolute Gasteiger partial charge is 0.270 e. The van der Waals surface area contributed by atoms with Crippen molar-refractivity contribution in [3.63, 3.8) is 0 Å². The highest BCUT2D eigenvalue weighted by Crippen LogP contribution is 2.27. The van der Waals surface area contributed by atoms with Crippen molar-refractivity contribution in [1.29, 1.82) is 0 Å². The molecule has 0 amide bonds. The van der Waals surface area contributed by atoms with Crippen molar-refractivity contribution in [3.8, 4) is 11.5 Å². The first-order valence-corrected chi connectivity index (χ1v) is 12.1. The normalized spacial score (nSPS) is 11.6. The lowest BCUT2D eigenvalue weighted by Gasteiger charge is -2.10. The van der Waals surface area contributed by atoms with E-state index in [1.165, 1.54) is 3.97 Å². The lowest BCUT2D eigenvalue weighted by atomic mass is 10.0. The predicted molar refractivity (Wildman–Crippen MR) is 128 cm³/mol. The molecule has 0 saturated heterocycles. The average Bonchev–Trinajstić information content (AvgIpc) is 3.13. The minimum atomic E-state index is -3.72. The van der Waals surface area contributed by atoms with E-state index in [1.807, 2.05) is 52.9 Å². The third kappa shape index (κ3) is 4.40. The molecule has 160 valence electrons. The summed E-state index contributed by atoms with van der Waals surface area (Å²) in [6.45, 7) is 0. The first-order valence-electron chi connectivity index (χ1n) is 9.61. The highest BCUT2D eigenvalue weighted by atomic mass is 127. The number of pyridine rings is 1. The Morgan fingerprint density at radius 2 is 1.55 bits per heavy atom. The monoisotopic (exact) mass is 548 g/mol. The second-order valence-corrected chi connectivity index (χ2v) is 9.92. The van der Waals surface area contributed by atoms with Gasteiger partial charge in [-0.05, 0) is 83.0 Å². The fraction of sp³-hybridized carbons (Fsp3) is 0.174. The Morgan fingerprint density at radius 3 is 2.19 bits per heavy atom. The van der Waals surface area contributed by atoms with Gasteiger partial charge in [0.05, 0.1) is 22.8 Å². The zero-order chi connectivity index (χ0) is 22.0. The highest BCUT2D eigenvalue weighted by molar-refractivity contribution is 14.1. The summed E-state index contributed by atoms with van der Waals surface area (Å²) in [4.78, 5) is 4.74. The SMILES string of the molecule is COc1cc(CCc2cnc3c(c2)cc(I)n3S(=O)(=O)c2ccccc2)cc(OC)c1. The summed E-state index contributed by atoms with van der Waals surface area (Å²) in [5.41, 5.74) is 2.55. The van der Waals surface area contributed by atoms with E-state index < -0.39 is 10.0 Å². The second-order valence-electron chi connectivity index (χ2n) is 7.03. The van der Waals surface area contributed by atoms with Crippen LogP contribution >= 0.6 is 22.6 Å². The van der Waals surface area contributed by atoms with Crippen LogP contribution in [-0.2, 0) is 22.9 Å². The van der Waals surface area contributed by atoms with Crippen molar-refractivity contribution < 1.29 is 17.9 Å². The number of hydrogen-bond donors (Lipinski definition) is 0. The van der Waals surface area contributed by atoms with Gasteiger partial charge in [0.2, 0.25) is 0 Å². The lowest BCUT2D eigenvalue weighted by molar-refractivity contribution is 0.393. The number of hydrogen-bond acceptors (Lipinski definition) is 5. The Bertz CT molecular complexity index is 1310. The van der Waals surface area contributed by atoms with E-state index in [-0.39, 0.29) is 4.90 Å². The first kappa shape index (κ1) is 21.6. The molecule has 4 aromatic rings. The number of nitrogens with zero attached hydrogens (tertiary/aromatic N) is 2. The van der Waals surface area contributed by atoms with Crippen molar-refractivity contribution in [2.45, 2.75) is 17.7 Å². The molecular formula is C23H21IN2O4S. The molecule has 0 aliphatic heterocycles. The van der Waals surface area contributed by atoms with Gasteiger partial charge < -0.3 is 9.47 Å². The summed E-state index contributed by atoms with van der Waals surface area (Å²) in [6, 6.07) is 18.1. The molecule has 0 bridgehead atoms. The minimum Gasteiger partial charge on any atom is -0.497 e. The zero-order valence-electron chi connectivity index (χ0n) is 17.1. The van der Waals surface area contributed by atoms with E-state index in [2.05, 4.69) is 4.98 Å². The van der Waals surface area contributed by atoms with Gasteiger partial charge in [0.25, 0.3) is 10.0 Å². The maximum absolute atomic E-state index is 13.1. The highest BCUT2D eigenvalue weighted by Gasteiger charge is 2.23. The molecule has 2 heterocycles. The Labute approximate surface area is 195 Å². The summed E-state index contributed by atoms with van der Waals surface area (Å²) in [5.74, 6) is 1.50. The predicted octanol–water partition coefficient (Wildman–Crippen LogP) is 4.68. The zero-order valence-corrected chi connectivity index (χ0v) is 20.1. The molecule has 0 aliphatic carbocycles. The number of rotatable bonds is 7. The Hall–Kier alpha value is -2.59. The number of aromatic nitrogens is 2. The van der Waals surface area contributed by atoms with Gasteiger partial charge in [0.15, 0.2) is 5.65 Å². The maximum atomic E-state index is 13.1. The number of fused-ring (bicyclic) bond motifs is 1. The van der Waals surface area contributed by atoms with E-state index in [9.17, 15) is 8.42 Å². The van der Waals surface area contributed by atoms with Gasteiger partial charge in [0, 0.05) is 17.6 Å². The van der Waals surface area contributed by atoms with Crippen molar-refractivity contribution in [2.75, 3.05) is 14.2 Å². The molecule has 0 aliphatic rings. The maximum Gasteiger partial charge on any atom is 0.270 e. The van der Waals surface area contributed by atoms with Gasteiger partial charge in [-0.3, -0.25) is 0 Å². The van der Waals surface area contributed by atoms with E-state index in [1.54, 1.807) is 50.7 Å². The van der Waals surface area contributed by atoms with E-state index >= 15 is 0 Å². The van der Waals surface area contributed by atoms with Gasteiger partial charge in [-0.2, -0.15) is 0 Å². The topological polar surface area (TPSA) is 70.4 Å². The quantitative estimate of drug-likeness (QED) is 0.314. The minimum absolute atomic E-state index is 0.239. The fourth-order valence-corrected chi connectivity index (χ4v) is 6.16. The van der Waals surface area contributed by atoms with Gasteiger partial charge in [-0.1, -0.05) is 18.2 Å². The van der Waals surface area contributed by atoms with Crippen LogP contribution in [0.1, 0.15) is 11.1 Å². The summed E-state index contributed by atoms with van der Waals surface area (Å²) in [7, 11) is -0.455. The molecule has 0 saturated carbocycles. The van der Waals surface area contributed by atoms with Gasteiger partial charge in [-0.15, -0.1) is 0 Å². The number of ether oxygens (including phenoxy) is 2. The number of benzene rings is 2. The summed E-state index contributed by atoms with van der Waals surface area (Å²) >= 11 is 2.04. The standard InChI is InChI=1S/C23H21IN2O4S/c1-29-19-11-16(12-20(14-19)30-2)8-9-17-10-18-13-22(24)26(23(18)25-15-17)31(27,28)21-6-4-3-5-7-21/h3-7,10-15H,8-9H2,1-2H3. The average molecular weight is 548 g/mol. The molecule has 6 nitrogen and oxygen atoms in total.